The molecule has 1 aliphatic heterocycles. The molecule has 33 heavy (non-hydrogen) atoms. The lowest BCUT2D eigenvalue weighted by atomic mass is 9.43. The maximum atomic E-state index is 13.9. The molecule has 3 N–H and O–H groups in total. The predicted octanol–water partition coefficient (Wildman–Crippen LogP) is 2.80. The summed E-state index contributed by atoms with van der Waals surface area (Å²) in [5, 5.41) is 32.2. The van der Waals surface area contributed by atoms with E-state index >= 15 is 0 Å². The molecule has 2 aromatic rings. The molecular weight excluding hydrogens is 424 g/mol. The lowest BCUT2D eigenvalue weighted by molar-refractivity contribution is -0.226. The fraction of sp³-hybridized carbons (Fsp3) is 0.538. The molecule has 7 atom stereocenters. The molecule has 3 aliphatic rings. The van der Waals surface area contributed by atoms with E-state index in [1.54, 1.807) is 32.0 Å². The molecule has 2 aliphatic carbocycles. The topological polar surface area (TPSA) is 117 Å². The van der Waals surface area contributed by atoms with Gasteiger partial charge in [-0.15, -0.1) is 0 Å². The Kier molecular flexibility index (Phi) is 4.91. The van der Waals surface area contributed by atoms with E-state index in [-0.39, 0.29) is 36.0 Å². The Morgan fingerprint density at radius 2 is 1.76 bits per heavy atom. The maximum absolute atomic E-state index is 13.9. The number of benzene rings is 1. The average Bonchev–Trinajstić information content (AvgIpc) is 2.78. The Morgan fingerprint density at radius 3 is 2.42 bits per heavy atom. The minimum Gasteiger partial charge on any atom is -0.483 e. The summed E-state index contributed by atoms with van der Waals surface area (Å²) >= 11 is 0. The van der Waals surface area contributed by atoms with Crippen molar-refractivity contribution in [2.75, 3.05) is 6.61 Å². The van der Waals surface area contributed by atoms with Gasteiger partial charge < -0.3 is 24.5 Å². The molecule has 1 aromatic carbocycles. The summed E-state index contributed by atoms with van der Waals surface area (Å²) in [5.74, 6) is -1.16. The molecule has 0 unspecified atom stereocenters. The number of rotatable bonds is 2. The van der Waals surface area contributed by atoms with Crippen molar-refractivity contribution in [3.8, 4) is 17.1 Å². The van der Waals surface area contributed by atoms with Crippen molar-refractivity contribution in [3.63, 3.8) is 0 Å². The molecule has 0 radical (unpaired) electrons. The molecule has 0 spiro atoms. The number of Topliss-reactive ketones (excluding diaryl/α,β-unsaturated/α-hetero) is 1. The lowest BCUT2D eigenvalue weighted by Crippen LogP contribution is -2.71. The van der Waals surface area contributed by atoms with Crippen LogP contribution in [0.15, 0.2) is 45.6 Å². The second kappa shape index (κ2) is 7.26. The molecule has 2 heterocycles. The Morgan fingerprint density at radius 1 is 1.06 bits per heavy atom. The second-order valence-electron chi connectivity index (χ2n) is 10.6. The highest BCUT2D eigenvalue weighted by atomic mass is 16.5. The van der Waals surface area contributed by atoms with Gasteiger partial charge in [0.1, 0.15) is 22.7 Å². The van der Waals surface area contributed by atoms with Crippen molar-refractivity contribution in [1.29, 1.82) is 0 Å². The fourth-order valence-corrected chi connectivity index (χ4v) is 6.93. The van der Waals surface area contributed by atoms with Crippen LogP contribution in [0.5, 0.6) is 5.75 Å². The number of carbonyl (C=O) groups is 1. The van der Waals surface area contributed by atoms with Gasteiger partial charge in [-0.3, -0.25) is 4.79 Å². The number of fused-ring (bicyclic) bond motifs is 4. The van der Waals surface area contributed by atoms with Crippen LogP contribution in [-0.2, 0) is 0 Å². The predicted molar refractivity (Wildman–Crippen MR) is 120 cm³/mol. The van der Waals surface area contributed by atoms with Crippen molar-refractivity contribution in [1.82, 2.24) is 0 Å². The average molecular weight is 455 g/mol. The molecule has 0 bridgehead atoms. The van der Waals surface area contributed by atoms with Crippen molar-refractivity contribution in [2.24, 2.45) is 22.7 Å². The highest BCUT2D eigenvalue weighted by molar-refractivity contribution is 6.02. The summed E-state index contributed by atoms with van der Waals surface area (Å²) in [5.41, 5.74) is -3.04. The minimum atomic E-state index is -1.25. The summed E-state index contributed by atoms with van der Waals surface area (Å²) in [6.45, 7) is 5.22. The van der Waals surface area contributed by atoms with Crippen molar-refractivity contribution < 1.29 is 29.3 Å². The molecule has 1 aromatic heterocycles. The van der Waals surface area contributed by atoms with Gasteiger partial charge in [-0.1, -0.05) is 44.2 Å². The molecule has 0 saturated heterocycles. The first-order valence-electron chi connectivity index (χ1n) is 11.5. The first kappa shape index (κ1) is 22.3. The lowest BCUT2D eigenvalue weighted by Gasteiger charge is -2.64. The third-order valence-electron chi connectivity index (χ3n) is 8.82. The van der Waals surface area contributed by atoms with E-state index in [0.717, 1.165) is 0 Å². The van der Waals surface area contributed by atoms with E-state index < -0.39 is 46.0 Å². The monoisotopic (exact) mass is 454 g/mol. The molecule has 0 amide bonds. The first-order valence-corrected chi connectivity index (χ1v) is 11.5. The number of hydrogen-bond acceptors (Lipinski definition) is 7. The van der Waals surface area contributed by atoms with Crippen LogP contribution in [0.4, 0.5) is 0 Å². The van der Waals surface area contributed by atoms with Crippen molar-refractivity contribution in [3.05, 3.63) is 52.4 Å². The number of carbonyl (C=O) groups excluding carboxylic acids is 1. The van der Waals surface area contributed by atoms with Gasteiger partial charge in [0, 0.05) is 17.0 Å². The molecule has 176 valence electrons. The van der Waals surface area contributed by atoms with Crippen molar-refractivity contribution >= 4 is 5.78 Å². The van der Waals surface area contributed by atoms with Gasteiger partial charge in [0.2, 0.25) is 0 Å². The Balaban J connectivity index is 1.66. The van der Waals surface area contributed by atoms with Crippen LogP contribution in [-0.4, -0.2) is 45.5 Å². The maximum Gasteiger partial charge on any atom is 0.351 e. The van der Waals surface area contributed by atoms with Crippen LogP contribution in [0.3, 0.4) is 0 Å². The molecule has 2 fully saturated rings. The van der Waals surface area contributed by atoms with Gasteiger partial charge >= 0.3 is 5.63 Å². The molecule has 5 rings (SSSR count). The highest BCUT2D eigenvalue weighted by Gasteiger charge is 2.69. The molecule has 7 nitrogen and oxygen atoms in total. The van der Waals surface area contributed by atoms with Gasteiger partial charge in [-0.05, 0) is 37.5 Å². The van der Waals surface area contributed by atoms with Crippen LogP contribution < -0.4 is 10.4 Å². The SMILES string of the molecule is C[C@]12CC[C@H](O)[C@@](C)(CO)[C@@H]1C[C@H](O)[C@@]1(C)Oc3cc(-c4ccccc4)oc(=O)c3C(=O)[C@H]21. The normalized spacial score (nSPS) is 39.8. The highest BCUT2D eigenvalue weighted by Crippen LogP contribution is 2.64. The van der Waals surface area contributed by atoms with Crippen LogP contribution in [0, 0.1) is 22.7 Å². The van der Waals surface area contributed by atoms with Crippen molar-refractivity contribution in [2.45, 2.75) is 57.8 Å². The molecule has 2 saturated carbocycles. The summed E-state index contributed by atoms with van der Waals surface area (Å²) in [6.07, 6.45) is -0.579. The van der Waals surface area contributed by atoms with Crippen LogP contribution in [0.2, 0.25) is 0 Å². The number of aliphatic hydroxyl groups is 3. The van der Waals surface area contributed by atoms with E-state index in [2.05, 4.69) is 0 Å². The number of ether oxygens (including phenoxy) is 1. The van der Waals surface area contributed by atoms with E-state index in [9.17, 15) is 24.9 Å². The summed E-state index contributed by atoms with van der Waals surface area (Å²) in [6, 6.07) is 10.6. The van der Waals surface area contributed by atoms with Crippen LogP contribution in [0.25, 0.3) is 11.3 Å². The zero-order chi connectivity index (χ0) is 23.8. The zero-order valence-corrected chi connectivity index (χ0v) is 19.1. The Hall–Kier alpha value is -2.48. The second-order valence-corrected chi connectivity index (χ2v) is 10.6. The zero-order valence-electron chi connectivity index (χ0n) is 19.1. The number of aliphatic hydroxyl groups excluding tert-OH is 3. The molecular formula is C26H30O7. The molecule has 7 heteroatoms. The largest absolute Gasteiger partial charge is 0.483 e. The van der Waals surface area contributed by atoms with E-state index in [1.165, 1.54) is 0 Å². The van der Waals surface area contributed by atoms with E-state index in [0.29, 0.717) is 18.4 Å². The van der Waals surface area contributed by atoms with E-state index in [4.69, 9.17) is 9.15 Å². The summed E-state index contributed by atoms with van der Waals surface area (Å²) in [7, 11) is 0. The van der Waals surface area contributed by atoms with Gasteiger partial charge in [-0.2, -0.15) is 0 Å². The van der Waals surface area contributed by atoms with E-state index in [1.807, 2.05) is 25.1 Å². The van der Waals surface area contributed by atoms with Gasteiger partial charge in [-0.25, -0.2) is 4.79 Å². The van der Waals surface area contributed by atoms with Gasteiger partial charge in [0.05, 0.1) is 24.7 Å². The number of hydrogen-bond donors (Lipinski definition) is 3. The van der Waals surface area contributed by atoms with Crippen LogP contribution >= 0.6 is 0 Å². The first-order chi connectivity index (χ1) is 15.6. The van der Waals surface area contributed by atoms with Crippen LogP contribution in [0.1, 0.15) is 50.4 Å². The third kappa shape index (κ3) is 2.92. The standard InChI is InChI=1S/C26H30O7/c1-24-10-9-18(28)25(2,13-27)17(24)12-19(29)26(3)22(24)21(30)20-16(33-26)11-15(32-23(20)31)14-7-5-4-6-8-14/h4-8,11,17-19,22,27-29H,9-10,12-13H2,1-3H3/t17-,18+,19+,22-,24+,25+,26-/m1/s1. The quantitative estimate of drug-likeness (QED) is 0.639. The fourth-order valence-electron chi connectivity index (χ4n) is 6.93. The third-order valence-corrected chi connectivity index (χ3v) is 8.82. The minimum absolute atomic E-state index is 0.121. The Bertz CT molecular complexity index is 1160. The van der Waals surface area contributed by atoms with Gasteiger partial charge in [0.15, 0.2) is 5.78 Å². The van der Waals surface area contributed by atoms with Gasteiger partial charge in [0.25, 0.3) is 0 Å². The Labute approximate surface area is 192 Å². The number of ketones is 1. The smallest absolute Gasteiger partial charge is 0.351 e. The summed E-state index contributed by atoms with van der Waals surface area (Å²) < 4.78 is 11.9. The summed E-state index contributed by atoms with van der Waals surface area (Å²) in [4.78, 5) is 27.0.